The molecular weight excluding hydrogens is 517 g/mol. The first-order valence-corrected chi connectivity index (χ1v) is 15.4. The van der Waals surface area contributed by atoms with Crippen molar-refractivity contribution in [3.8, 4) is 0 Å². The number of nitrogens with zero attached hydrogens (tertiary/aromatic N) is 3. The SMILES string of the molecule is C=N/C(=N\NCc1ccc(NC(=O)c2cccc(CN3CCS(=O)CC3)c2)cc1)C1CCB(c2ccccc2)C1. The van der Waals surface area contributed by atoms with Gasteiger partial charge >= 0.3 is 0 Å². The lowest BCUT2D eigenvalue weighted by molar-refractivity contribution is 0.102. The molecule has 2 saturated heterocycles. The van der Waals surface area contributed by atoms with Crippen LogP contribution < -0.4 is 16.2 Å². The van der Waals surface area contributed by atoms with E-state index in [1.54, 1.807) is 0 Å². The number of amides is 1. The second-order valence-electron chi connectivity index (χ2n) is 10.6. The van der Waals surface area contributed by atoms with E-state index in [1.165, 1.54) is 5.46 Å². The summed E-state index contributed by atoms with van der Waals surface area (Å²) in [5, 5.41) is 7.56. The highest BCUT2D eigenvalue weighted by atomic mass is 32.2. The third kappa shape index (κ3) is 7.55. The molecule has 0 aromatic heterocycles. The van der Waals surface area contributed by atoms with Crippen molar-refractivity contribution < 1.29 is 9.00 Å². The number of rotatable bonds is 9. The van der Waals surface area contributed by atoms with Crippen molar-refractivity contribution in [2.24, 2.45) is 16.0 Å². The number of benzene rings is 3. The zero-order valence-electron chi connectivity index (χ0n) is 22.8. The first-order chi connectivity index (χ1) is 19.6. The Balaban J connectivity index is 1.10. The Morgan fingerprint density at radius 2 is 1.77 bits per heavy atom. The van der Waals surface area contributed by atoms with Gasteiger partial charge < -0.3 is 10.7 Å². The average Bonchev–Trinajstić information content (AvgIpc) is 3.48. The molecule has 9 heteroatoms. The van der Waals surface area contributed by atoms with Crippen LogP contribution in [0.1, 0.15) is 27.9 Å². The summed E-state index contributed by atoms with van der Waals surface area (Å²) in [7, 11) is -0.691. The van der Waals surface area contributed by atoms with Gasteiger partial charge in [-0.15, -0.1) is 0 Å². The molecule has 7 nitrogen and oxygen atoms in total. The second kappa shape index (κ2) is 13.7. The van der Waals surface area contributed by atoms with Crippen LogP contribution in [-0.2, 0) is 23.9 Å². The minimum atomic E-state index is -0.691. The fraction of sp³-hybridized carbons (Fsp3) is 0.323. The topological polar surface area (TPSA) is 86.2 Å². The molecule has 5 rings (SSSR count). The van der Waals surface area contributed by atoms with Gasteiger partial charge in [0.15, 0.2) is 6.71 Å². The smallest absolute Gasteiger partial charge is 0.255 e. The van der Waals surface area contributed by atoms with E-state index in [-0.39, 0.29) is 5.91 Å². The van der Waals surface area contributed by atoms with Crippen LogP contribution in [0.2, 0.25) is 12.6 Å². The van der Waals surface area contributed by atoms with E-state index in [0.717, 1.165) is 72.9 Å². The third-order valence-corrected chi connectivity index (χ3v) is 9.06. The van der Waals surface area contributed by atoms with Gasteiger partial charge in [-0.2, -0.15) is 5.10 Å². The van der Waals surface area contributed by atoms with E-state index in [0.29, 0.717) is 24.7 Å². The van der Waals surface area contributed by atoms with E-state index >= 15 is 0 Å². The number of nitrogens with one attached hydrogen (secondary N) is 2. The van der Waals surface area contributed by atoms with Gasteiger partial charge in [-0.25, -0.2) is 4.99 Å². The molecule has 1 amide bonds. The lowest BCUT2D eigenvalue weighted by Gasteiger charge is -2.26. The van der Waals surface area contributed by atoms with Gasteiger partial charge in [-0.3, -0.25) is 13.9 Å². The minimum absolute atomic E-state index is 0.135. The van der Waals surface area contributed by atoms with Gasteiger partial charge in [-0.05, 0) is 42.1 Å². The van der Waals surface area contributed by atoms with Gasteiger partial charge in [0.05, 0.1) is 6.54 Å². The molecule has 0 saturated carbocycles. The van der Waals surface area contributed by atoms with E-state index in [4.69, 9.17) is 0 Å². The number of carbonyl (C=O) groups is 1. The number of hydrazone groups is 1. The molecule has 0 radical (unpaired) electrons. The molecule has 206 valence electrons. The highest BCUT2D eigenvalue weighted by Gasteiger charge is 2.31. The molecule has 2 aliphatic rings. The molecule has 3 aromatic rings. The first kappa shape index (κ1) is 28.0. The predicted octanol–water partition coefficient (Wildman–Crippen LogP) is 4.03. The van der Waals surface area contributed by atoms with Crippen molar-refractivity contribution >= 4 is 47.1 Å². The Kier molecular flexibility index (Phi) is 9.57. The molecule has 1 unspecified atom stereocenters. The maximum absolute atomic E-state index is 12.9. The molecule has 2 N–H and O–H groups in total. The highest BCUT2D eigenvalue weighted by molar-refractivity contribution is 7.85. The number of amidine groups is 1. The number of carbonyl (C=O) groups excluding carboxylic acids is 1. The lowest BCUT2D eigenvalue weighted by Crippen LogP contribution is -2.37. The molecule has 0 aliphatic carbocycles. The Morgan fingerprint density at radius 3 is 2.52 bits per heavy atom. The van der Waals surface area contributed by atoms with Crippen molar-refractivity contribution in [1.82, 2.24) is 10.3 Å². The van der Waals surface area contributed by atoms with Crippen molar-refractivity contribution in [2.45, 2.75) is 32.2 Å². The third-order valence-electron chi connectivity index (χ3n) is 7.79. The number of hydrogen-bond donors (Lipinski definition) is 2. The standard InChI is InChI=1S/C31H36BN5O2S/c1-33-30(27-14-15-32(21-27)28-8-3-2-4-9-28)36-34-22-24-10-12-29(13-11-24)35-31(38)26-7-5-6-25(20-26)23-37-16-18-40(39)19-17-37/h2-13,20,27,34H,1,14-19,21-23H2,(H,35,38)/b36-30-. The molecule has 2 fully saturated rings. The number of hydrogen-bond acceptors (Lipinski definition) is 5. The molecule has 2 heterocycles. The summed E-state index contributed by atoms with van der Waals surface area (Å²) in [5.74, 6) is 2.40. The van der Waals surface area contributed by atoms with E-state index in [2.05, 4.69) is 62.8 Å². The van der Waals surface area contributed by atoms with Crippen LogP contribution in [0.15, 0.2) is 89.0 Å². The summed E-state index contributed by atoms with van der Waals surface area (Å²) in [4.78, 5) is 19.4. The Hall–Kier alpha value is -3.56. The number of aliphatic imine (C=N–C) groups is 1. The Bertz CT molecular complexity index is 1360. The summed E-state index contributed by atoms with van der Waals surface area (Å²) >= 11 is 0. The van der Waals surface area contributed by atoms with E-state index < -0.39 is 10.8 Å². The van der Waals surface area contributed by atoms with Gasteiger partial charge in [0, 0.05) is 59.1 Å². The summed E-state index contributed by atoms with van der Waals surface area (Å²) in [6, 6.07) is 26.2. The summed E-state index contributed by atoms with van der Waals surface area (Å²) in [6.45, 7) is 7.29. The van der Waals surface area contributed by atoms with Crippen LogP contribution in [0.3, 0.4) is 0 Å². The molecule has 40 heavy (non-hydrogen) atoms. The van der Waals surface area contributed by atoms with Gasteiger partial charge in [0.1, 0.15) is 5.84 Å². The van der Waals surface area contributed by atoms with Crippen molar-refractivity contribution in [1.29, 1.82) is 0 Å². The molecule has 1 atom stereocenters. The van der Waals surface area contributed by atoms with E-state index in [1.807, 2.05) is 48.5 Å². The van der Waals surface area contributed by atoms with Gasteiger partial charge in [-0.1, -0.05) is 79.1 Å². The lowest BCUT2D eigenvalue weighted by atomic mass is 9.43. The van der Waals surface area contributed by atoms with Gasteiger partial charge in [0.2, 0.25) is 0 Å². The molecule has 3 aromatic carbocycles. The summed E-state index contributed by atoms with van der Waals surface area (Å²) < 4.78 is 11.6. The molecule has 0 spiro atoms. The normalized spacial score (nSPS) is 18.4. The van der Waals surface area contributed by atoms with Crippen molar-refractivity contribution in [2.75, 3.05) is 29.9 Å². The average molecular weight is 554 g/mol. The van der Waals surface area contributed by atoms with Crippen LogP contribution in [-0.4, -0.2) is 58.9 Å². The largest absolute Gasteiger partial charge is 0.322 e. The van der Waals surface area contributed by atoms with E-state index in [9.17, 15) is 9.00 Å². The fourth-order valence-corrected chi connectivity index (χ4v) is 6.65. The minimum Gasteiger partial charge on any atom is -0.322 e. The zero-order chi connectivity index (χ0) is 27.7. The Labute approximate surface area is 239 Å². The van der Waals surface area contributed by atoms with Crippen LogP contribution in [0.25, 0.3) is 0 Å². The molecule has 0 bridgehead atoms. The maximum Gasteiger partial charge on any atom is 0.255 e. The molecule has 2 aliphatic heterocycles. The summed E-state index contributed by atoms with van der Waals surface area (Å²) in [6.07, 6.45) is 3.25. The number of anilines is 1. The second-order valence-corrected chi connectivity index (χ2v) is 12.3. The predicted molar refractivity (Wildman–Crippen MR) is 167 cm³/mol. The van der Waals surface area contributed by atoms with Crippen molar-refractivity contribution in [3.63, 3.8) is 0 Å². The highest BCUT2D eigenvalue weighted by Crippen LogP contribution is 2.28. The van der Waals surface area contributed by atoms with Crippen LogP contribution >= 0.6 is 0 Å². The fourth-order valence-electron chi connectivity index (χ4n) is 5.52. The van der Waals surface area contributed by atoms with Gasteiger partial charge in [0.25, 0.3) is 5.91 Å². The molecular formula is C31H36BN5O2S. The van der Waals surface area contributed by atoms with Crippen molar-refractivity contribution in [3.05, 3.63) is 95.6 Å². The first-order valence-electron chi connectivity index (χ1n) is 14.0. The summed E-state index contributed by atoms with van der Waals surface area (Å²) in [5.41, 5.74) is 8.06. The maximum atomic E-state index is 12.9. The monoisotopic (exact) mass is 553 g/mol. The van der Waals surface area contributed by atoms with Crippen LogP contribution in [0.4, 0.5) is 5.69 Å². The zero-order valence-corrected chi connectivity index (χ0v) is 23.6. The van der Waals surface area contributed by atoms with Crippen LogP contribution in [0, 0.1) is 5.92 Å². The Morgan fingerprint density at radius 1 is 1.00 bits per heavy atom. The quantitative estimate of drug-likeness (QED) is 0.181. The van der Waals surface area contributed by atoms with Crippen LogP contribution in [0.5, 0.6) is 0 Å².